The van der Waals surface area contributed by atoms with Crippen molar-refractivity contribution in [3.8, 4) is 5.75 Å². The van der Waals surface area contributed by atoms with Crippen molar-refractivity contribution in [3.63, 3.8) is 0 Å². The third kappa shape index (κ3) is 4.00. The van der Waals surface area contributed by atoms with Gasteiger partial charge in [-0.2, -0.15) is 0 Å². The molecule has 0 aliphatic carbocycles. The van der Waals surface area contributed by atoms with Crippen LogP contribution >= 0.6 is 11.6 Å². The fourth-order valence-corrected chi connectivity index (χ4v) is 3.94. The Kier molecular flexibility index (Phi) is 5.59. The Hall–Kier alpha value is -1.66. The minimum Gasteiger partial charge on any atom is -0.868 e. The average Bonchev–Trinajstić information content (AvgIpc) is 2.44. The van der Waals surface area contributed by atoms with Gasteiger partial charge in [-0.05, 0) is 32.6 Å². The van der Waals surface area contributed by atoms with E-state index in [2.05, 4.69) is 0 Å². The van der Waals surface area contributed by atoms with Crippen LogP contribution in [-0.2, 0) is 20.4 Å². The smallest absolute Gasteiger partial charge is 0.391 e. The summed E-state index contributed by atoms with van der Waals surface area (Å²) < 4.78 is 10.3. The van der Waals surface area contributed by atoms with E-state index in [1.807, 2.05) is 6.92 Å². The first kappa shape index (κ1) is 17.7. The Morgan fingerprint density at radius 2 is 2.13 bits per heavy atom. The van der Waals surface area contributed by atoms with E-state index in [4.69, 9.17) is 20.8 Å². The van der Waals surface area contributed by atoms with Crippen LogP contribution in [0.15, 0.2) is 32.3 Å². The first-order valence-electron chi connectivity index (χ1n) is 7.13. The molecule has 7 heteroatoms. The van der Waals surface area contributed by atoms with E-state index < -0.39 is 28.2 Å². The Balaban J connectivity index is 2.46. The van der Waals surface area contributed by atoms with Crippen molar-refractivity contribution in [2.24, 2.45) is 0 Å². The van der Waals surface area contributed by atoms with Crippen LogP contribution in [0.2, 0.25) is 5.02 Å². The summed E-state index contributed by atoms with van der Waals surface area (Å²) in [5.41, 5.74) is -0.562. The molecule has 1 unspecified atom stereocenters. The predicted octanol–water partition coefficient (Wildman–Crippen LogP) is 2.47. The van der Waals surface area contributed by atoms with Crippen molar-refractivity contribution in [2.75, 3.05) is 11.5 Å². The maximum Gasteiger partial charge on any atom is 0.391 e. The molecule has 0 aliphatic heterocycles. The largest absolute Gasteiger partial charge is 0.868 e. The van der Waals surface area contributed by atoms with Gasteiger partial charge in [0.2, 0.25) is 10.6 Å². The minimum absolute atomic E-state index is 0.00617. The molecule has 1 aromatic heterocycles. The normalized spacial score (nSPS) is 12.6. The quantitative estimate of drug-likeness (QED) is 0.467. The van der Waals surface area contributed by atoms with Crippen LogP contribution in [0.3, 0.4) is 0 Å². The van der Waals surface area contributed by atoms with Crippen LogP contribution in [0.5, 0.6) is 5.75 Å². The lowest BCUT2D eigenvalue weighted by molar-refractivity contribution is -0.270. The first-order chi connectivity index (χ1) is 10.8. The Morgan fingerprint density at radius 3 is 2.74 bits per heavy atom. The SMILES string of the molecule is CC[S+](CC(=O)OC(C)C)c1c([O-])c2ccc(Cl)cc2oc1=O. The zero-order valence-electron chi connectivity index (χ0n) is 13.1. The van der Waals surface area contributed by atoms with Gasteiger partial charge < -0.3 is 14.3 Å². The number of carbonyl (C=O) groups excluding carboxylic acids is 1. The molecule has 1 atom stereocenters. The molecule has 0 saturated heterocycles. The number of esters is 1. The number of halogens is 1. The van der Waals surface area contributed by atoms with Crippen LogP contribution in [-0.4, -0.2) is 23.6 Å². The highest BCUT2D eigenvalue weighted by atomic mass is 35.5. The molecule has 0 fully saturated rings. The van der Waals surface area contributed by atoms with E-state index in [1.54, 1.807) is 19.9 Å². The number of fused-ring (bicyclic) bond motifs is 1. The molecular weight excluding hydrogens is 340 g/mol. The summed E-state index contributed by atoms with van der Waals surface area (Å²) in [7, 11) is -0.852. The lowest BCUT2D eigenvalue weighted by Crippen LogP contribution is -2.28. The van der Waals surface area contributed by atoms with Gasteiger partial charge in [0.25, 0.3) is 0 Å². The fourth-order valence-electron chi connectivity index (χ4n) is 2.14. The Labute approximate surface area is 141 Å². The second kappa shape index (κ2) is 7.27. The highest BCUT2D eigenvalue weighted by Gasteiger charge is 2.30. The summed E-state index contributed by atoms with van der Waals surface area (Å²) in [6.45, 7) is 5.31. The molecule has 0 radical (unpaired) electrons. The number of benzene rings is 1. The van der Waals surface area contributed by atoms with Crippen molar-refractivity contribution < 1.29 is 19.1 Å². The highest BCUT2D eigenvalue weighted by Crippen LogP contribution is 2.30. The van der Waals surface area contributed by atoms with Gasteiger partial charge in [-0.25, -0.2) is 9.59 Å². The summed E-state index contributed by atoms with van der Waals surface area (Å²) in [5.74, 6) is -0.365. The fraction of sp³-hybridized carbons (Fsp3) is 0.375. The van der Waals surface area contributed by atoms with Gasteiger partial charge in [-0.15, -0.1) is 0 Å². The standard InChI is InChI=1S/C16H17ClO5S/c1-4-23(8-13(18)21-9(2)3)15-14(19)11-6-5-10(17)7-12(11)22-16(15)20/h5-7,9H,4,8H2,1-3H3. The molecule has 0 amide bonds. The van der Waals surface area contributed by atoms with Crippen molar-refractivity contribution in [3.05, 3.63) is 33.6 Å². The van der Waals surface area contributed by atoms with Crippen molar-refractivity contribution in [1.82, 2.24) is 0 Å². The van der Waals surface area contributed by atoms with Gasteiger partial charge in [0.05, 0.1) is 6.10 Å². The second-order valence-corrected chi connectivity index (χ2v) is 7.85. The molecule has 124 valence electrons. The Bertz CT molecular complexity index is 784. The molecule has 0 spiro atoms. The molecule has 1 aromatic carbocycles. The van der Waals surface area contributed by atoms with Crippen molar-refractivity contribution in [1.29, 1.82) is 0 Å². The van der Waals surface area contributed by atoms with E-state index in [0.29, 0.717) is 10.8 Å². The zero-order valence-corrected chi connectivity index (χ0v) is 14.6. The maximum atomic E-state index is 12.6. The number of ether oxygens (including phenoxy) is 1. The number of hydrogen-bond donors (Lipinski definition) is 0. The van der Waals surface area contributed by atoms with E-state index in [0.717, 1.165) is 0 Å². The highest BCUT2D eigenvalue weighted by molar-refractivity contribution is 7.97. The third-order valence-electron chi connectivity index (χ3n) is 3.08. The van der Waals surface area contributed by atoms with Crippen LogP contribution in [0.4, 0.5) is 0 Å². The molecule has 0 bridgehead atoms. The Morgan fingerprint density at radius 1 is 1.43 bits per heavy atom. The first-order valence-corrected chi connectivity index (χ1v) is 9.08. The molecule has 0 aliphatic rings. The zero-order chi connectivity index (χ0) is 17.1. The van der Waals surface area contributed by atoms with E-state index in [1.165, 1.54) is 12.1 Å². The lowest BCUT2D eigenvalue weighted by atomic mass is 10.2. The van der Waals surface area contributed by atoms with Gasteiger partial charge in [0.1, 0.15) is 11.3 Å². The average molecular weight is 357 g/mol. The second-order valence-electron chi connectivity index (χ2n) is 5.15. The monoisotopic (exact) mass is 356 g/mol. The summed E-state index contributed by atoms with van der Waals surface area (Å²) in [5, 5.41) is 13.3. The molecule has 1 heterocycles. The van der Waals surface area contributed by atoms with Crippen molar-refractivity contribution >= 4 is 39.4 Å². The molecule has 2 rings (SSSR count). The predicted molar refractivity (Wildman–Crippen MR) is 89.2 cm³/mol. The van der Waals surface area contributed by atoms with E-state index >= 15 is 0 Å². The van der Waals surface area contributed by atoms with Gasteiger partial charge in [-0.3, -0.25) is 0 Å². The molecule has 0 saturated carbocycles. The van der Waals surface area contributed by atoms with Crippen LogP contribution in [0, 0.1) is 0 Å². The molecule has 23 heavy (non-hydrogen) atoms. The van der Waals surface area contributed by atoms with Gasteiger partial charge in [0, 0.05) is 27.4 Å². The minimum atomic E-state index is -0.852. The molecule has 2 aromatic rings. The summed E-state index contributed by atoms with van der Waals surface area (Å²) in [6, 6.07) is 4.52. The summed E-state index contributed by atoms with van der Waals surface area (Å²) in [6.07, 6.45) is -0.244. The van der Waals surface area contributed by atoms with Crippen LogP contribution < -0.4 is 10.7 Å². The number of carbonyl (C=O) groups is 1. The van der Waals surface area contributed by atoms with Crippen molar-refractivity contribution in [2.45, 2.75) is 31.8 Å². The number of hydrogen-bond acceptors (Lipinski definition) is 5. The molecule has 5 nitrogen and oxygen atoms in total. The lowest BCUT2D eigenvalue weighted by Gasteiger charge is -2.15. The van der Waals surface area contributed by atoms with Gasteiger partial charge in [-0.1, -0.05) is 17.7 Å². The topological polar surface area (TPSA) is 79.6 Å². The van der Waals surface area contributed by atoms with Gasteiger partial charge >= 0.3 is 11.6 Å². The van der Waals surface area contributed by atoms with E-state index in [9.17, 15) is 14.7 Å². The number of rotatable bonds is 5. The summed E-state index contributed by atoms with van der Waals surface area (Å²) >= 11 is 5.85. The van der Waals surface area contributed by atoms with E-state index in [-0.39, 0.29) is 27.7 Å². The maximum absolute atomic E-state index is 12.6. The molecular formula is C16H17ClO5S. The van der Waals surface area contributed by atoms with Gasteiger partial charge in [0.15, 0.2) is 0 Å². The molecule has 0 N–H and O–H groups in total. The summed E-state index contributed by atoms with van der Waals surface area (Å²) in [4.78, 5) is 24.1. The van der Waals surface area contributed by atoms with Crippen LogP contribution in [0.25, 0.3) is 11.0 Å². The van der Waals surface area contributed by atoms with Crippen LogP contribution in [0.1, 0.15) is 20.8 Å². The third-order valence-corrected chi connectivity index (χ3v) is 5.52.